The van der Waals surface area contributed by atoms with Crippen LogP contribution < -0.4 is 0 Å². The lowest BCUT2D eigenvalue weighted by molar-refractivity contribution is 0.672. The van der Waals surface area contributed by atoms with Gasteiger partial charge in [-0.3, -0.25) is 9.67 Å². The van der Waals surface area contributed by atoms with E-state index in [0.29, 0.717) is 13.0 Å². The summed E-state index contributed by atoms with van der Waals surface area (Å²) in [4.78, 5) is 17.5. The first-order valence-corrected chi connectivity index (χ1v) is 7.89. The van der Waals surface area contributed by atoms with Crippen molar-refractivity contribution in [3.63, 3.8) is 0 Å². The molecule has 7 heteroatoms. The maximum absolute atomic E-state index is 4.46. The Labute approximate surface area is 139 Å². The van der Waals surface area contributed by atoms with Crippen LogP contribution in [0.1, 0.15) is 23.9 Å². The van der Waals surface area contributed by atoms with E-state index in [4.69, 9.17) is 0 Å². The van der Waals surface area contributed by atoms with Gasteiger partial charge < -0.3 is 4.57 Å². The lowest BCUT2D eigenvalue weighted by Gasteiger charge is -2.01. The van der Waals surface area contributed by atoms with Crippen LogP contribution in [0.5, 0.6) is 0 Å². The number of hydrogen-bond acceptors (Lipinski definition) is 5. The van der Waals surface area contributed by atoms with Gasteiger partial charge in [-0.25, -0.2) is 15.0 Å². The van der Waals surface area contributed by atoms with Crippen LogP contribution in [0.3, 0.4) is 0 Å². The molecule has 0 saturated heterocycles. The van der Waals surface area contributed by atoms with E-state index in [1.807, 2.05) is 46.2 Å². The van der Waals surface area contributed by atoms with Crippen LogP contribution in [0.2, 0.25) is 0 Å². The Morgan fingerprint density at radius 2 is 2.04 bits per heavy atom. The first-order valence-electron chi connectivity index (χ1n) is 7.89. The number of pyridine rings is 1. The molecular formula is C17H17N7. The molecular weight excluding hydrogens is 302 g/mol. The fourth-order valence-corrected chi connectivity index (χ4v) is 2.73. The summed E-state index contributed by atoms with van der Waals surface area (Å²) in [6.45, 7) is 3.57. The molecule has 4 aromatic rings. The number of hydrogen-bond donors (Lipinski definition) is 0. The van der Waals surface area contributed by atoms with Crippen LogP contribution in [0, 0.1) is 0 Å². The Balaban J connectivity index is 1.57. The molecule has 4 aromatic heterocycles. The second kappa shape index (κ2) is 6.19. The van der Waals surface area contributed by atoms with Gasteiger partial charge in [0.1, 0.15) is 11.8 Å². The normalized spacial score (nSPS) is 11.2. The van der Waals surface area contributed by atoms with E-state index in [-0.39, 0.29) is 0 Å². The number of nitrogens with zero attached hydrogens (tertiary/aromatic N) is 7. The summed E-state index contributed by atoms with van der Waals surface area (Å²) in [5.41, 5.74) is 4.74. The van der Waals surface area contributed by atoms with Gasteiger partial charge in [-0.05, 0) is 24.6 Å². The predicted molar refractivity (Wildman–Crippen MR) is 89.4 cm³/mol. The molecule has 0 aromatic carbocycles. The highest BCUT2D eigenvalue weighted by Crippen LogP contribution is 2.16. The highest BCUT2D eigenvalue weighted by molar-refractivity contribution is 5.73. The van der Waals surface area contributed by atoms with Crippen molar-refractivity contribution >= 4 is 11.2 Å². The van der Waals surface area contributed by atoms with Crippen molar-refractivity contribution in [1.82, 2.24) is 34.3 Å². The Morgan fingerprint density at radius 1 is 1.08 bits per heavy atom. The van der Waals surface area contributed by atoms with Crippen LogP contribution in [-0.2, 0) is 19.5 Å². The van der Waals surface area contributed by atoms with Crippen LogP contribution >= 0.6 is 0 Å². The van der Waals surface area contributed by atoms with Crippen LogP contribution in [0.4, 0.5) is 0 Å². The van der Waals surface area contributed by atoms with Gasteiger partial charge in [-0.1, -0.05) is 6.07 Å². The maximum Gasteiger partial charge on any atom is 0.163 e. The fraction of sp³-hybridized carbons (Fsp3) is 0.235. The topological polar surface area (TPSA) is 74.3 Å². The average Bonchev–Trinajstić information content (AvgIpc) is 3.23. The number of aromatic nitrogens is 7. The molecule has 24 heavy (non-hydrogen) atoms. The summed E-state index contributed by atoms with van der Waals surface area (Å²) in [6.07, 6.45) is 9.79. The quantitative estimate of drug-likeness (QED) is 0.563. The SMILES string of the molecule is CCn1cnc2c(Cc3cnn(Cc4ccccn4)c3)ncnc21. The minimum Gasteiger partial charge on any atom is -0.315 e. The average molecular weight is 319 g/mol. The molecule has 0 spiro atoms. The van der Waals surface area contributed by atoms with E-state index in [9.17, 15) is 0 Å². The predicted octanol–water partition coefficient (Wildman–Crippen LogP) is 2.08. The van der Waals surface area contributed by atoms with Crippen molar-refractivity contribution < 1.29 is 0 Å². The van der Waals surface area contributed by atoms with Crippen LogP contribution in [0.15, 0.2) is 49.4 Å². The van der Waals surface area contributed by atoms with Gasteiger partial charge in [0.2, 0.25) is 0 Å². The van der Waals surface area contributed by atoms with Crippen molar-refractivity contribution in [3.05, 3.63) is 66.4 Å². The third kappa shape index (κ3) is 2.76. The van der Waals surface area contributed by atoms with E-state index in [2.05, 4.69) is 32.0 Å². The van der Waals surface area contributed by atoms with Crippen molar-refractivity contribution in [3.8, 4) is 0 Å². The summed E-state index contributed by atoms with van der Waals surface area (Å²) >= 11 is 0. The second-order valence-corrected chi connectivity index (χ2v) is 5.57. The Kier molecular flexibility index (Phi) is 3.74. The van der Waals surface area contributed by atoms with E-state index >= 15 is 0 Å². The van der Waals surface area contributed by atoms with Gasteiger partial charge in [0.05, 0.1) is 30.5 Å². The summed E-state index contributed by atoms with van der Waals surface area (Å²) in [6, 6.07) is 5.88. The lowest BCUT2D eigenvalue weighted by Crippen LogP contribution is -2.01. The van der Waals surface area contributed by atoms with Crippen molar-refractivity contribution in [2.24, 2.45) is 0 Å². The third-order valence-electron chi connectivity index (χ3n) is 3.93. The molecule has 0 saturated carbocycles. The Morgan fingerprint density at radius 3 is 2.88 bits per heavy atom. The summed E-state index contributed by atoms with van der Waals surface area (Å²) in [7, 11) is 0. The molecule has 0 radical (unpaired) electrons. The van der Waals surface area contributed by atoms with E-state index in [1.165, 1.54) is 0 Å². The molecule has 0 unspecified atom stereocenters. The number of aryl methyl sites for hydroxylation is 1. The largest absolute Gasteiger partial charge is 0.315 e. The maximum atomic E-state index is 4.46. The molecule has 120 valence electrons. The third-order valence-corrected chi connectivity index (χ3v) is 3.93. The first kappa shape index (κ1) is 14.5. The van der Waals surface area contributed by atoms with Crippen LogP contribution in [0.25, 0.3) is 11.2 Å². The molecule has 0 bridgehead atoms. The lowest BCUT2D eigenvalue weighted by atomic mass is 10.2. The zero-order chi connectivity index (χ0) is 16.4. The van der Waals surface area contributed by atoms with Crippen molar-refractivity contribution in [1.29, 1.82) is 0 Å². The van der Waals surface area contributed by atoms with E-state index in [1.54, 1.807) is 12.5 Å². The molecule has 0 aliphatic heterocycles. The van der Waals surface area contributed by atoms with Gasteiger partial charge in [0.15, 0.2) is 5.65 Å². The van der Waals surface area contributed by atoms with Crippen molar-refractivity contribution in [2.75, 3.05) is 0 Å². The Bertz CT molecular complexity index is 955. The van der Waals surface area contributed by atoms with Gasteiger partial charge in [-0.2, -0.15) is 5.10 Å². The van der Waals surface area contributed by atoms with E-state index < -0.39 is 0 Å². The van der Waals surface area contributed by atoms with Gasteiger partial charge in [0.25, 0.3) is 0 Å². The summed E-state index contributed by atoms with van der Waals surface area (Å²) in [5, 5.41) is 4.42. The molecule has 0 atom stereocenters. The zero-order valence-corrected chi connectivity index (χ0v) is 13.4. The van der Waals surface area contributed by atoms with Gasteiger partial charge >= 0.3 is 0 Å². The summed E-state index contributed by atoms with van der Waals surface area (Å²) in [5.74, 6) is 0. The highest BCUT2D eigenvalue weighted by atomic mass is 15.3. The minimum absolute atomic E-state index is 0.657. The number of fused-ring (bicyclic) bond motifs is 1. The highest BCUT2D eigenvalue weighted by Gasteiger charge is 2.11. The number of imidazole rings is 1. The van der Waals surface area contributed by atoms with Gasteiger partial charge in [0, 0.05) is 25.4 Å². The second-order valence-electron chi connectivity index (χ2n) is 5.57. The van der Waals surface area contributed by atoms with E-state index in [0.717, 1.165) is 34.7 Å². The molecule has 0 aliphatic carbocycles. The van der Waals surface area contributed by atoms with Crippen LogP contribution in [-0.4, -0.2) is 34.3 Å². The molecule has 0 N–H and O–H groups in total. The summed E-state index contributed by atoms with van der Waals surface area (Å²) < 4.78 is 3.91. The van der Waals surface area contributed by atoms with Gasteiger partial charge in [-0.15, -0.1) is 0 Å². The molecule has 0 amide bonds. The zero-order valence-electron chi connectivity index (χ0n) is 13.4. The molecule has 0 aliphatic rings. The molecule has 0 fully saturated rings. The monoisotopic (exact) mass is 319 g/mol. The first-order chi connectivity index (χ1) is 11.8. The standard InChI is InChI=1S/C17H17N7/c1-2-23-12-21-16-15(19-11-20-17(16)23)7-13-8-22-24(9-13)10-14-5-3-4-6-18-14/h3-6,8-9,11-12H,2,7,10H2,1H3. The number of rotatable bonds is 5. The minimum atomic E-state index is 0.657. The molecule has 7 nitrogen and oxygen atoms in total. The Hall–Kier alpha value is -3.09. The smallest absolute Gasteiger partial charge is 0.163 e. The van der Waals surface area contributed by atoms with Crippen molar-refractivity contribution in [2.45, 2.75) is 26.4 Å². The fourth-order valence-electron chi connectivity index (χ4n) is 2.73. The molecule has 4 rings (SSSR count). The molecule has 4 heterocycles.